The van der Waals surface area contributed by atoms with Gasteiger partial charge in [0.1, 0.15) is 23.4 Å². The molecule has 0 aliphatic carbocycles. The molecule has 394 valence electrons. The number of piperidine rings is 1. The van der Waals surface area contributed by atoms with Crippen molar-refractivity contribution in [2.75, 3.05) is 42.6 Å². The van der Waals surface area contributed by atoms with Crippen LogP contribution in [0.3, 0.4) is 0 Å². The van der Waals surface area contributed by atoms with Gasteiger partial charge in [-0.2, -0.15) is 18.4 Å². The number of anilines is 2. The predicted molar refractivity (Wildman–Crippen MR) is 288 cm³/mol. The molecule has 3 aliphatic rings. The highest BCUT2D eigenvalue weighted by molar-refractivity contribution is 7.81. The maximum Gasteiger partial charge on any atom is 0.417 e. The standard InChI is InChI=1S/C57H63F3N8O5S2/c1-36-48(75-35-63-36)40-13-11-37(12-14-40)34-62-51(70)47-10-9-28-66(47)52(71)49(55(2,3)4)64-50(69)41-17-15-38(16-18-41)39-25-29-65(30-26-39)27-7-8-31-73-45-23-21-43(22-24-45)68-54(74)67(53(72)56(68,5)6)44-20-19-42(33-61)46(32-44)57(58,59)60/h11-24,32,35,39,47,49H,7-10,25-31,34H2,1-6H3,(H,62,70)(H,64,69)/t47-,49?/m0/s1. The van der Waals surface area contributed by atoms with Crippen LogP contribution in [0.1, 0.15) is 117 Å². The van der Waals surface area contributed by atoms with Gasteiger partial charge >= 0.3 is 6.18 Å². The first-order chi connectivity index (χ1) is 35.6. The fourth-order valence-corrected chi connectivity index (χ4v) is 11.5. The molecule has 2 atom stereocenters. The number of benzene rings is 4. The van der Waals surface area contributed by atoms with Crippen LogP contribution in [0.2, 0.25) is 0 Å². The van der Waals surface area contributed by atoms with Gasteiger partial charge in [-0.15, -0.1) is 11.3 Å². The summed E-state index contributed by atoms with van der Waals surface area (Å²) in [6.07, 6.45) is 0.221. The summed E-state index contributed by atoms with van der Waals surface area (Å²) in [6, 6.07) is 26.1. The van der Waals surface area contributed by atoms with Crippen molar-refractivity contribution in [2.24, 2.45) is 5.41 Å². The molecule has 18 heteroatoms. The molecule has 3 saturated heterocycles. The molecule has 13 nitrogen and oxygen atoms in total. The second-order valence-corrected chi connectivity index (χ2v) is 22.3. The Morgan fingerprint density at radius 2 is 1.60 bits per heavy atom. The predicted octanol–water partition coefficient (Wildman–Crippen LogP) is 10.4. The summed E-state index contributed by atoms with van der Waals surface area (Å²) in [5.41, 5.74) is 3.51. The van der Waals surface area contributed by atoms with Crippen LogP contribution in [-0.4, -0.2) is 93.9 Å². The molecule has 1 aromatic heterocycles. The Balaban J connectivity index is 0.762. The molecule has 2 N–H and O–H groups in total. The number of aromatic nitrogens is 1. The SMILES string of the molecule is Cc1ncsc1-c1ccc(CNC(=O)[C@@H]2CCCN2C(=O)C(NC(=O)c2ccc(C3CCN(CCCCOc4ccc(N5C(=S)N(c6ccc(C#N)c(C(F)(F)F)c6)C(=O)C5(C)C)cc4)CC3)cc2)C(C)(C)C)cc1. The van der Waals surface area contributed by atoms with Crippen LogP contribution in [0.4, 0.5) is 24.5 Å². The second-order valence-electron chi connectivity index (χ2n) is 21.1. The summed E-state index contributed by atoms with van der Waals surface area (Å²) in [7, 11) is 0. The number of halogens is 3. The number of hydrogen-bond acceptors (Lipinski definition) is 10. The number of carbonyl (C=O) groups excluding carboxylic acids is 4. The lowest BCUT2D eigenvalue weighted by atomic mass is 9.85. The highest BCUT2D eigenvalue weighted by atomic mass is 32.1. The number of rotatable bonds is 16. The van der Waals surface area contributed by atoms with Gasteiger partial charge < -0.3 is 30.1 Å². The molecule has 3 fully saturated rings. The van der Waals surface area contributed by atoms with Crippen molar-refractivity contribution in [1.82, 2.24) is 25.4 Å². The monoisotopic (exact) mass is 1060 g/mol. The lowest BCUT2D eigenvalue weighted by Gasteiger charge is -2.35. The number of hydrogen-bond donors (Lipinski definition) is 2. The lowest BCUT2D eigenvalue weighted by Crippen LogP contribution is -2.57. The van der Waals surface area contributed by atoms with Crippen molar-refractivity contribution in [3.8, 4) is 22.3 Å². The summed E-state index contributed by atoms with van der Waals surface area (Å²) in [4.78, 5) is 67.3. The van der Waals surface area contributed by atoms with E-state index in [1.165, 1.54) is 11.6 Å². The zero-order valence-electron chi connectivity index (χ0n) is 43.1. The average molecular weight is 1060 g/mol. The Morgan fingerprint density at radius 1 is 0.920 bits per heavy atom. The number of aryl methyl sites for hydroxylation is 1. The third kappa shape index (κ3) is 12.2. The number of nitrogens with one attached hydrogen (secondary N) is 2. The minimum absolute atomic E-state index is 0.0216. The smallest absolute Gasteiger partial charge is 0.417 e. The first kappa shape index (κ1) is 54.6. The molecule has 3 aliphatic heterocycles. The van der Waals surface area contributed by atoms with E-state index in [2.05, 4.69) is 20.5 Å². The molecule has 4 heterocycles. The lowest BCUT2D eigenvalue weighted by molar-refractivity contribution is -0.141. The highest BCUT2D eigenvalue weighted by Crippen LogP contribution is 2.40. The van der Waals surface area contributed by atoms with E-state index in [0.717, 1.165) is 84.0 Å². The highest BCUT2D eigenvalue weighted by Gasteiger charge is 2.51. The number of nitriles is 1. The Labute approximate surface area is 446 Å². The minimum atomic E-state index is -4.79. The van der Waals surface area contributed by atoms with Gasteiger partial charge in [0.05, 0.1) is 45.6 Å². The number of thiazole rings is 1. The molecule has 0 radical (unpaired) electrons. The zero-order chi connectivity index (χ0) is 53.8. The van der Waals surface area contributed by atoms with Gasteiger partial charge in [-0.05, 0) is 174 Å². The molecule has 75 heavy (non-hydrogen) atoms. The topological polar surface area (TPSA) is 151 Å². The van der Waals surface area contributed by atoms with Crippen molar-refractivity contribution < 1.29 is 37.1 Å². The summed E-state index contributed by atoms with van der Waals surface area (Å²) in [5.74, 6) is -0.302. The van der Waals surface area contributed by atoms with Crippen molar-refractivity contribution in [3.05, 3.63) is 130 Å². The van der Waals surface area contributed by atoms with Crippen LogP contribution in [0.15, 0.2) is 96.5 Å². The number of amides is 4. The van der Waals surface area contributed by atoms with Crippen molar-refractivity contribution in [3.63, 3.8) is 0 Å². The number of unbranched alkanes of at least 4 members (excludes halogenated alkanes) is 1. The Bertz CT molecular complexity index is 2940. The Morgan fingerprint density at radius 3 is 2.23 bits per heavy atom. The first-order valence-electron chi connectivity index (χ1n) is 25.4. The van der Waals surface area contributed by atoms with Crippen LogP contribution in [-0.2, 0) is 27.1 Å². The largest absolute Gasteiger partial charge is 0.494 e. The van der Waals surface area contributed by atoms with Gasteiger partial charge in [-0.25, -0.2) is 4.98 Å². The normalized spacial score (nSPS) is 17.8. The maximum atomic E-state index is 14.2. The van der Waals surface area contributed by atoms with E-state index in [9.17, 15) is 37.6 Å². The number of likely N-dealkylation sites (tertiary alicyclic amines) is 2. The molecule has 4 amide bonds. The Hall–Kier alpha value is -6.68. The average Bonchev–Trinajstić information content (AvgIpc) is 4.12. The van der Waals surface area contributed by atoms with Crippen LogP contribution in [0, 0.1) is 23.7 Å². The number of alkyl halides is 3. The molecule has 8 rings (SSSR count). The van der Waals surface area contributed by atoms with Crippen LogP contribution in [0.25, 0.3) is 10.4 Å². The number of carbonyl (C=O) groups is 4. The Kier molecular flexibility index (Phi) is 16.5. The van der Waals surface area contributed by atoms with E-state index >= 15 is 0 Å². The second kappa shape index (κ2) is 22.7. The van der Waals surface area contributed by atoms with E-state index in [1.54, 1.807) is 65.3 Å². The van der Waals surface area contributed by atoms with Gasteiger partial charge in [0.25, 0.3) is 11.8 Å². The molecule has 0 spiro atoms. The minimum Gasteiger partial charge on any atom is -0.494 e. The van der Waals surface area contributed by atoms with Gasteiger partial charge in [-0.1, -0.05) is 57.2 Å². The van der Waals surface area contributed by atoms with E-state index in [4.69, 9.17) is 17.0 Å². The summed E-state index contributed by atoms with van der Waals surface area (Å²) >= 11 is 7.26. The fraction of sp³-hybridized carbons (Fsp3) is 0.421. The summed E-state index contributed by atoms with van der Waals surface area (Å²) in [5, 5.41) is 15.3. The quantitative estimate of drug-likeness (QED) is 0.0722. The molecule has 0 bridgehead atoms. The molecule has 0 saturated carbocycles. The number of thiocarbonyl (C=S) groups is 1. The van der Waals surface area contributed by atoms with E-state index in [-0.39, 0.29) is 28.5 Å². The van der Waals surface area contributed by atoms with E-state index in [0.29, 0.717) is 55.5 Å². The summed E-state index contributed by atoms with van der Waals surface area (Å²) < 4.78 is 47.3. The van der Waals surface area contributed by atoms with Crippen LogP contribution < -0.4 is 25.2 Å². The van der Waals surface area contributed by atoms with E-state index in [1.807, 2.05) is 81.7 Å². The van der Waals surface area contributed by atoms with E-state index < -0.39 is 46.2 Å². The molecule has 1 unspecified atom stereocenters. The number of nitrogens with zero attached hydrogens (tertiary/aromatic N) is 6. The van der Waals surface area contributed by atoms with Gasteiger partial charge in [0, 0.05) is 24.3 Å². The van der Waals surface area contributed by atoms with Crippen molar-refractivity contribution >= 4 is 63.7 Å². The van der Waals surface area contributed by atoms with Crippen molar-refractivity contribution in [2.45, 2.75) is 116 Å². The van der Waals surface area contributed by atoms with Crippen molar-refractivity contribution in [1.29, 1.82) is 5.26 Å². The van der Waals surface area contributed by atoms with Crippen LogP contribution in [0.5, 0.6) is 5.75 Å². The zero-order valence-corrected chi connectivity index (χ0v) is 44.8. The molecule has 4 aromatic carbocycles. The third-order valence-electron chi connectivity index (χ3n) is 14.5. The van der Waals surface area contributed by atoms with Crippen LogP contribution >= 0.6 is 23.6 Å². The summed E-state index contributed by atoms with van der Waals surface area (Å²) in [6.45, 7) is 15.2. The van der Waals surface area contributed by atoms with Gasteiger partial charge in [-0.3, -0.25) is 24.1 Å². The molecular formula is C57H63F3N8O5S2. The first-order valence-corrected chi connectivity index (χ1v) is 26.7. The fourth-order valence-electron chi connectivity index (χ4n) is 10.2. The van der Waals surface area contributed by atoms with Gasteiger partial charge in [0.15, 0.2) is 5.11 Å². The van der Waals surface area contributed by atoms with Gasteiger partial charge in [0.2, 0.25) is 11.8 Å². The maximum absolute atomic E-state index is 14.2. The number of ether oxygens (including phenoxy) is 1. The third-order valence-corrected chi connectivity index (χ3v) is 15.8. The molecule has 5 aromatic rings. The molecular weight excluding hydrogens is 998 g/mol.